The molecule has 1 aromatic heterocycles. The van der Waals surface area contributed by atoms with E-state index in [0.717, 1.165) is 11.4 Å². The van der Waals surface area contributed by atoms with Gasteiger partial charge in [-0.2, -0.15) is 0 Å². The van der Waals surface area contributed by atoms with Crippen molar-refractivity contribution in [2.45, 2.75) is 44.9 Å². The van der Waals surface area contributed by atoms with Gasteiger partial charge in [-0.15, -0.1) is 0 Å². The van der Waals surface area contributed by atoms with Gasteiger partial charge in [0.15, 0.2) is 0 Å². The zero-order valence-electron chi connectivity index (χ0n) is 8.46. The molecule has 0 atom stereocenters. The molecule has 2 rings (SSSR count). The SMILES string of the molecule is Cc1ncc(C2CCCCC2)c(Cl)n1. The predicted molar refractivity (Wildman–Crippen MR) is 57.6 cm³/mol. The van der Waals surface area contributed by atoms with Crippen molar-refractivity contribution >= 4 is 11.6 Å². The van der Waals surface area contributed by atoms with Crippen molar-refractivity contribution in [1.82, 2.24) is 9.97 Å². The van der Waals surface area contributed by atoms with Crippen molar-refractivity contribution < 1.29 is 0 Å². The molecule has 1 aliphatic carbocycles. The lowest BCUT2D eigenvalue weighted by molar-refractivity contribution is 0.442. The second-order valence-electron chi connectivity index (χ2n) is 4.00. The van der Waals surface area contributed by atoms with Crippen LogP contribution in [0.1, 0.15) is 49.4 Å². The largest absolute Gasteiger partial charge is 0.241 e. The fraction of sp³-hybridized carbons (Fsp3) is 0.636. The lowest BCUT2D eigenvalue weighted by Crippen LogP contribution is -2.07. The van der Waals surface area contributed by atoms with Crippen molar-refractivity contribution in [1.29, 1.82) is 0 Å². The quantitative estimate of drug-likeness (QED) is 0.664. The van der Waals surface area contributed by atoms with E-state index in [1.165, 1.54) is 32.1 Å². The molecule has 1 aromatic rings. The Balaban J connectivity index is 2.22. The molecule has 0 saturated heterocycles. The molecule has 1 fully saturated rings. The smallest absolute Gasteiger partial charge is 0.136 e. The number of hydrogen-bond acceptors (Lipinski definition) is 2. The molecule has 14 heavy (non-hydrogen) atoms. The van der Waals surface area contributed by atoms with E-state index < -0.39 is 0 Å². The Morgan fingerprint density at radius 2 is 2.00 bits per heavy atom. The van der Waals surface area contributed by atoms with Crippen molar-refractivity contribution in [3.05, 3.63) is 22.7 Å². The van der Waals surface area contributed by atoms with E-state index in [2.05, 4.69) is 9.97 Å². The molecule has 0 bridgehead atoms. The molecular weight excluding hydrogens is 196 g/mol. The Labute approximate surface area is 89.7 Å². The van der Waals surface area contributed by atoms with Gasteiger partial charge < -0.3 is 0 Å². The summed E-state index contributed by atoms with van der Waals surface area (Å²) in [5.41, 5.74) is 1.15. The fourth-order valence-electron chi connectivity index (χ4n) is 2.14. The van der Waals surface area contributed by atoms with E-state index in [0.29, 0.717) is 11.1 Å². The highest BCUT2D eigenvalue weighted by molar-refractivity contribution is 6.30. The topological polar surface area (TPSA) is 25.8 Å². The minimum absolute atomic E-state index is 0.594. The molecule has 0 amide bonds. The first-order valence-corrected chi connectivity index (χ1v) is 5.64. The second-order valence-corrected chi connectivity index (χ2v) is 4.36. The molecule has 0 radical (unpaired) electrons. The minimum Gasteiger partial charge on any atom is -0.241 e. The molecule has 3 heteroatoms. The number of hydrogen-bond donors (Lipinski definition) is 0. The lowest BCUT2D eigenvalue weighted by Gasteiger charge is -2.22. The molecular formula is C11H15ClN2. The van der Waals surface area contributed by atoms with Gasteiger partial charge in [0.25, 0.3) is 0 Å². The Bertz CT molecular complexity index is 319. The fourth-order valence-corrected chi connectivity index (χ4v) is 2.46. The van der Waals surface area contributed by atoms with Gasteiger partial charge in [0.2, 0.25) is 0 Å². The first-order valence-electron chi connectivity index (χ1n) is 5.26. The molecule has 0 aromatic carbocycles. The van der Waals surface area contributed by atoms with E-state index >= 15 is 0 Å². The van der Waals surface area contributed by atoms with Crippen LogP contribution in [0.15, 0.2) is 6.20 Å². The first kappa shape index (κ1) is 9.91. The second kappa shape index (κ2) is 4.26. The number of halogens is 1. The Hall–Kier alpha value is -0.630. The molecule has 1 heterocycles. The van der Waals surface area contributed by atoms with E-state index in [9.17, 15) is 0 Å². The van der Waals surface area contributed by atoms with Crippen LogP contribution in [0.4, 0.5) is 0 Å². The van der Waals surface area contributed by atoms with Crippen molar-refractivity contribution in [3.8, 4) is 0 Å². The highest BCUT2D eigenvalue weighted by atomic mass is 35.5. The molecule has 0 aliphatic heterocycles. The van der Waals surface area contributed by atoms with Gasteiger partial charge >= 0.3 is 0 Å². The van der Waals surface area contributed by atoms with Gasteiger partial charge in [-0.1, -0.05) is 30.9 Å². The number of nitrogens with zero attached hydrogens (tertiary/aromatic N) is 2. The Morgan fingerprint density at radius 3 is 2.64 bits per heavy atom. The average molecular weight is 211 g/mol. The summed E-state index contributed by atoms with van der Waals surface area (Å²) in [5, 5.41) is 0.657. The minimum atomic E-state index is 0.594. The first-order chi connectivity index (χ1) is 6.77. The molecule has 1 saturated carbocycles. The molecule has 2 nitrogen and oxygen atoms in total. The zero-order valence-corrected chi connectivity index (χ0v) is 9.22. The summed E-state index contributed by atoms with van der Waals surface area (Å²) in [7, 11) is 0. The van der Waals surface area contributed by atoms with E-state index in [4.69, 9.17) is 11.6 Å². The summed E-state index contributed by atoms with van der Waals surface area (Å²) >= 11 is 6.11. The van der Waals surface area contributed by atoms with Gasteiger partial charge in [-0.25, -0.2) is 9.97 Å². The standard InChI is InChI=1S/C11H15ClN2/c1-8-13-7-10(11(12)14-8)9-5-3-2-4-6-9/h7,9H,2-6H2,1H3. The zero-order chi connectivity index (χ0) is 9.97. The highest BCUT2D eigenvalue weighted by Gasteiger charge is 2.18. The molecule has 0 unspecified atom stereocenters. The summed E-state index contributed by atoms with van der Waals surface area (Å²) in [4.78, 5) is 8.42. The van der Waals surface area contributed by atoms with E-state index in [1.54, 1.807) is 0 Å². The van der Waals surface area contributed by atoms with Crippen LogP contribution in [-0.2, 0) is 0 Å². The molecule has 1 aliphatic rings. The van der Waals surface area contributed by atoms with Crippen molar-refractivity contribution in [2.75, 3.05) is 0 Å². The summed E-state index contributed by atoms with van der Waals surface area (Å²) in [6.07, 6.45) is 8.38. The maximum Gasteiger partial charge on any atom is 0.136 e. The van der Waals surface area contributed by atoms with Crippen LogP contribution in [0.2, 0.25) is 5.15 Å². The number of aromatic nitrogens is 2. The summed E-state index contributed by atoms with van der Waals surface area (Å²) < 4.78 is 0. The van der Waals surface area contributed by atoms with Crippen LogP contribution >= 0.6 is 11.6 Å². The van der Waals surface area contributed by atoms with Crippen LogP contribution in [0.25, 0.3) is 0 Å². The maximum absolute atomic E-state index is 6.11. The van der Waals surface area contributed by atoms with E-state index in [1.807, 2.05) is 13.1 Å². The third-order valence-corrected chi connectivity index (χ3v) is 3.24. The molecule has 0 N–H and O–H groups in total. The van der Waals surface area contributed by atoms with Crippen LogP contribution < -0.4 is 0 Å². The summed E-state index contributed by atoms with van der Waals surface area (Å²) in [6.45, 7) is 1.87. The van der Waals surface area contributed by atoms with Crippen molar-refractivity contribution in [3.63, 3.8) is 0 Å². The van der Waals surface area contributed by atoms with Gasteiger partial charge in [-0.05, 0) is 25.7 Å². The van der Waals surface area contributed by atoms with Crippen LogP contribution in [0, 0.1) is 6.92 Å². The van der Waals surface area contributed by atoms with Gasteiger partial charge in [0.05, 0.1) is 0 Å². The monoisotopic (exact) mass is 210 g/mol. The van der Waals surface area contributed by atoms with E-state index in [-0.39, 0.29) is 0 Å². The maximum atomic E-state index is 6.11. The average Bonchev–Trinajstić information content (AvgIpc) is 2.19. The number of rotatable bonds is 1. The van der Waals surface area contributed by atoms with Gasteiger partial charge in [-0.3, -0.25) is 0 Å². The van der Waals surface area contributed by atoms with Gasteiger partial charge in [0, 0.05) is 11.8 Å². The molecule has 0 spiro atoms. The summed E-state index contributed by atoms with van der Waals surface area (Å²) in [6, 6.07) is 0. The van der Waals surface area contributed by atoms with Gasteiger partial charge in [0.1, 0.15) is 11.0 Å². The Morgan fingerprint density at radius 1 is 1.29 bits per heavy atom. The summed E-state index contributed by atoms with van der Waals surface area (Å²) in [5.74, 6) is 1.35. The van der Waals surface area contributed by atoms with Crippen LogP contribution in [-0.4, -0.2) is 9.97 Å². The lowest BCUT2D eigenvalue weighted by atomic mass is 9.85. The third kappa shape index (κ3) is 2.06. The number of aryl methyl sites for hydroxylation is 1. The predicted octanol–water partition coefficient (Wildman–Crippen LogP) is 3.49. The Kier molecular flexibility index (Phi) is 3.02. The third-order valence-electron chi connectivity index (χ3n) is 2.93. The van der Waals surface area contributed by atoms with Crippen LogP contribution in [0.3, 0.4) is 0 Å². The molecule has 76 valence electrons. The van der Waals surface area contributed by atoms with Crippen molar-refractivity contribution in [2.24, 2.45) is 0 Å². The normalized spacial score (nSPS) is 18.4. The highest BCUT2D eigenvalue weighted by Crippen LogP contribution is 2.34. The van der Waals surface area contributed by atoms with Crippen LogP contribution in [0.5, 0.6) is 0 Å².